The molecule has 0 spiro atoms. The van der Waals surface area contributed by atoms with Gasteiger partial charge >= 0.3 is 0 Å². The first-order chi connectivity index (χ1) is 13.3. The summed E-state index contributed by atoms with van der Waals surface area (Å²) in [5, 5.41) is 6.51. The highest BCUT2D eigenvalue weighted by Crippen LogP contribution is 2.26. The quantitative estimate of drug-likeness (QED) is 0.551. The van der Waals surface area contributed by atoms with Crippen LogP contribution >= 0.6 is 11.3 Å². The number of rotatable bonds is 8. The first-order valence-corrected chi connectivity index (χ1v) is 10.6. The Balaban J connectivity index is 1.21. The summed E-state index contributed by atoms with van der Waals surface area (Å²) >= 11 is 1.67. The molecule has 4 nitrogen and oxygen atoms in total. The van der Waals surface area contributed by atoms with Crippen LogP contribution in [0.15, 0.2) is 41.9 Å². The van der Waals surface area contributed by atoms with Crippen LogP contribution in [-0.2, 0) is 19.3 Å². The number of benzene rings is 1. The normalized spacial score (nSPS) is 12.8. The molecule has 1 N–H and O–H groups in total. The first-order valence-electron chi connectivity index (χ1n) is 9.71. The van der Waals surface area contributed by atoms with E-state index in [2.05, 4.69) is 51.9 Å². The van der Waals surface area contributed by atoms with Crippen molar-refractivity contribution in [2.24, 2.45) is 0 Å². The zero-order chi connectivity index (χ0) is 18.5. The number of nitrogens with one attached hydrogen (secondary N) is 1. The van der Waals surface area contributed by atoms with Gasteiger partial charge in [-0.1, -0.05) is 13.0 Å². The van der Waals surface area contributed by atoms with Crippen molar-refractivity contribution in [1.82, 2.24) is 9.97 Å². The van der Waals surface area contributed by atoms with Gasteiger partial charge in [-0.05, 0) is 67.5 Å². The molecular formula is C22H25N3OS. The van der Waals surface area contributed by atoms with Crippen LogP contribution in [0.2, 0.25) is 0 Å². The van der Waals surface area contributed by atoms with E-state index in [-0.39, 0.29) is 0 Å². The fourth-order valence-electron chi connectivity index (χ4n) is 3.34. The summed E-state index contributed by atoms with van der Waals surface area (Å²) < 4.78 is 5.89. The van der Waals surface area contributed by atoms with Crippen molar-refractivity contribution >= 4 is 17.2 Å². The number of pyridine rings is 1. The molecule has 4 rings (SSSR count). The first kappa shape index (κ1) is 18.0. The van der Waals surface area contributed by atoms with Crippen LogP contribution in [-0.4, -0.2) is 23.1 Å². The molecule has 2 heterocycles. The lowest BCUT2D eigenvalue weighted by Gasteiger charge is -2.09. The topological polar surface area (TPSA) is 47.0 Å². The SMILES string of the molecule is CCc1csc(-c2ccc(NCCCOc3ccc4c(c3)CCC4)nc2)n1. The molecule has 0 fully saturated rings. The van der Waals surface area contributed by atoms with Crippen LogP contribution in [0.1, 0.15) is 36.6 Å². The molecule has 27 heavy (non-hydrogen) atoms. The number of ether oxygens (including phenoxy) is 1. The van der Waals surface area contributed by atoms with E-state index in [0.29, 0.717) is 6.61 Å². The van der Waals surface area contributed by atoms with Gasteiger partial charge in [-0.25, -0.2) is 9.97 Å². The third kappa shape index (κ3) is 4.48. The summed E-state index contributed by atoms with van der Waals surface area (Å²) in [7, 11) is 0. The fourth-order valence-corrected chi connectivity index (χ4v) is 4.24. The number of thiazole rings is 1. The highest BCUT2D eigenvalue weighted by atomic mass is 32.1. The molecule has 0 saturated heterocycles. The molecule has 0 radical (unpaired) electrons. The van der Waals surface area contributed by atoms with Gasteiger partial charge in [-0.15, -0.1) is 11.3 Å². The van der Waals surface area contributed by atoms with Gasteiger partial charge in [-0.2, -0.15) is 0 Å². The molecule has 2 aromatic heterocycles. The number of fused-ring (bicyclic) bond motifs is 1. The second-order valence-corrected chi connectivity index (χ2v) is 7.70. The van der Waals surface area contributed by atoms with Crippen LogP contribution < -0.4 is 10.1 Å². The summed E-state index contributed by atoms with van der Waals surface area (Å²) in [6.45, 7) is 3.68. The van der Waals surface area contributed by atoms with Crippen LogP contribution in [0.3, 0.4) is 0 Å². The number of anilines is 1. The molecule has 1 aliphatic carbocycles. The molecule has 0 amide bonds. The van der Waals surface area contributed by atoms with Crippen molar-refractivity contribution in [2.75, 3.05) is 18.5 Å². The maximum atomic E-state index is 5.89. The minimum absolute atomic E-state index is 0.711. The third-order valence-corrected chi connectivity index (χ3v) is 5.83. The number of hydrogen-bond donors (Lipinski definition) is 1. The zero-order valence-corrected chi connectivity index (χ0v) is 16.5. The van der Waals surface area contributed by atoms with Crippen molar-refractivity contribution < 1.29 is 4.74 Å². The van der Waals surface area contributed by atoms with E-state index in [9.17, 15) is 0 Å². The molecule has 140 valence electrons. The average Bonchev–Trinajstić information content (AvgIpc) is 3.37. The van der Waals surface area contributed by atoms with Crippen LogP contribution in [0.5, 0.6) is 5.75 Å². The Morgan fingerprint density at radius 1 is 1.15 bits per heavy atom. The van der Waals surface area contributed by atoms with Crippen LogP contribution in [0.4, 0.5) is 5.82 Å². The minimum Gasteiger partial charge on any atom is -0.494 e. The van der Waals surface area contributed by atoms with Crippen LogP contribution in [0.25, 0.3) is 10.6 Å². The van der Waals surface area contributed by atoms with Crippen LogP contribution in [0, 0.1) is 0 Å². The van der Waals surface area contributed by atoms with Gasteiger partial charge in [0.15, 0.2) is 0 Å². The zero-order valence-electron chi connectivity index (χ0n) is 15.7. The summed E-state index contributed by atoms with van der Waals surface area (Å²) in [4.78, 5) is 9.11. The number of aryl methyl sites for hydroxylation is 3. The Labute approximate surface area is 164 Å². The number of nitrogens with zero attached hydrogens (tertiary/aromatic N) is 2. The van der Waals surface area contributed by atoms with E-state index < -0.39 is 0 Å². The highest BCUT2D eigenvalue weighted by molar-refractivity contribution is 7.13. The summed E-state index contributed by atoms with van der Waals surface area (Å²) in [6, 6.07) is 10.6. The lowest BCUT2D eigenvalue weighted by molar-refractivity contribution is 0.314. The van der Waals surface area contributed by atoms with Gasteiger partial charge in [0.2, 0.25) is 0 Å². The maximum Gasteiger partial charge on any atom is 0.125 e. The second kappa shape index (κ2) is 8.53. The molecule has 0 bridgehead atoms. The van der Waals surface area contributed by atoms with Gasteiger partial charge in [0.1, 0.15) is 16.6 Å². The van der Waals surface area contributed by atoms with Crippen molar-refractivity contribution in [3.8, 4) is 16.3 Å². The number of aromatic nitrogens is 2. The van der Waals surface area contributed by atoms with Crippen molar-refractivity contribution in [3.63, 3.8) is 0 Å². The minimum atomic E-state index is 0.711. The van der Waals surface area contributed by atoms with Gasteiger partial charge in [0.05, 0.1) is 12.3 Å². The smallest absolute Gasteiger partial charge is 0.125 e. The predicted molar refractivity (Wildman–Crippen MR) is 112 cm³/mol. The Morgan fingerprint density at radius 3 is 2.89 bits per heavy atom. The molecule has 5 heteroatoms. The molecule has 3 aromatic rings. The maximum absolute atomic E-state index is 5.89. The molecule has 0 saturated carbocycles. The van der Waals surface area contributed by atoms with Gasteiger partial charge in [0, 0.05) is 23.7 Å². The van der Waals surface area contributed by atoms with Gasteiger partial charge in [-0.3, -0.25) is 0 Å². The Bertz CT molecular complexity index is 889. The van der Waals surface area contributed by atoms with Crippen molar-refractivity contribution in [2.45, 2.75) is 39.0 Å². The van der Waals surface area contributed by atoms with E-state index in [0.717, 1.165) is 47.2 Å². The van der Waals surface area contributed by atoms with E-state index >= 15 is 0 Å². The molecular weight excluding hydrogens is 354 g/mol. The lowest BCUT2D eigenvalue weighted by atomic mass is 10.1. The Morgan fingerprint density at radius 2 is 2.07 bits per heavy atom. The predicted octanol–water partition coefficient (Wildman–Crippen LogP) is 5.14. The summed E-state index contributed by atoms with van der Waals surface area (Å²) in [6.07, 6.45) is 7.48. The Kier molecular flexibility index (Phi) is 5.68. The average molecular weight is 380 g/mol. The Hall–Kier alpha value is -2.40. The summed E-state index contributed by atoms with van der Waals surface area (Å²) in [5.41, 5.74) is 5.16. The van der Waals surface area contributed by atoms with E-state index in [1.54, 1.807) is 11.3 Å². The molecule has 0 aliphatic heterocycles. The monoisotopic (exact) mass is 379 g/mol. The molecule has 0 unspecified atom stereocenters. The summed E-state index contributed by atoms with van der Waals surface area (Å²) in [5.74, 6) is 1.89. The van der Waals surface area contributed by atoms with Crippen molar-refractivity contribution in [1.29, 1.82) is 0 Å². The van der Waals surface area contributed by atoms with E-state index in [1.807, 2.05) is 12.3 Å². The fraction of sp³-hybridized carbons (Fsp3) is 0.364. The molecule has 1 aromatic carbocycles. The molecule has 0 atom stereocenters. The van der Waals surface area contributed by atoms with Gasteiger partial charge < -0.3 is 10.1 Å². The largest absolute Gasteiger partial charge is 0.494 e. The second-order valence-electron chi connectivity index (χ2n) is 6.84. The molecule has 1 aliphatic rings. The number of hydrogen-bond acceptors (Lipinski definition) is 5. The van der Waals surface area contributed by atoms with E-state index in [1.165, 1.54) is 30.4 Å². The van der Waals surface area contributed by atoms with Gasteiger partial charge in [0.25, 0.3) is 0 Å². The highest BCUT2D eigenvalue weighted by Gasteiger charge is 2.11. The standard InChI is InChI=1S/C22H25N3OS/c1-2-19-15-27-22(25-19)18-8-10-21(24-14-18)23-11-4-12-26-20-9-7-16-5-3-6-17(16)13-20/h7-10,13-15H,2-6,11-12H2,1H3,(H,23,24). The van der Waals surface area contributed by atoms with Crippen molar-refractivity contribution in [3.05, 3.63) is 58.7 Å². The van der Waals surface area contributed by atoms with E-state index in [4.69, 9.17) is 4.74 Å². The third-order valence-electron chi connectivity index (χ3n) is 4.89. The lowest BCUT2D eigenvalue weighted by Crippen LogP contribution is -2.08.